The van der Waals surface area contributed by atoms with Gasteiger partial charge in [-0.1, -0.05) is 0 Å². The highest BCUT2D eigenvalue weighted by Crippen LogP contribution is 2.23. The molecule has 0 spiro atoms. The highest BCUT2D eigenvalue weighted by atomic mass is 19.4. The molecule has 17 heavy (non-hydrogen) atoms. The SMILES string of the molecule is CC(CCCC(F)(F)F)NC(C)c1ccco1. The fourth-order valence-electron chi connectivity index (χ4n) is 1.74. The normalized spacial score (nSPS) is 15.8. The van der Waals surface area contributed by atoms with Gasteiger partial charge in [-0.05, 0) is 38.8 Å². The van der Waals surface area contributed by atoms with E-state index in [1.807, 2.05) is 19.9 Å². The first-order valence-electron chi connectivity index (χ1n) is 5.74. The molecule has 1 N–H and O–H groups in total. The van der Waals surface area contributed by atoms with E-state index in [9.17, 15) is 13.2 Å². The van der Waals surface area contributed by atoms with Crippen LogP contribution < -0.4 is 5.32 Å². The van der Waals surface area contributed by atoms with E-state index >= 15 is 0 Å². The molecule has 0 radical (unpaired) electrons. The first-order valence-corrected chi connectivity index (χ1v) is 5.74. The zero-order valence-electron chi connectivity index (χ0n) is 10.1. The van der Waals surface area contributed by atoms with Crippen LogP contribution in [-0.2, 0) is 0 Å². The van der Waals surface area contributed by atoms with Gasteiger partial charge in [-0.15, -0.1) is 0 Å². The number of alkyl halides is 3. The lowest BCUT2D eigenvalue weighted by molar-refractivity contribution is -0.135. The molecular weight excluding hydrogens is 231 g/mol. The lowest BCUT2D eigenvalue weighted by Crippen LogP contribution is -2.29. The zero-order valence-corrected chi connectivity index (χ0v) is 10.1. The van der Waals surface area contributed by atoms with E-state index in [0.717, 1.165) is 5.76 Å². The molecule has 2 unspecified atom stereocenters. The van der Waals surface area contributed by atoms with Crippen LogP contribution in [0.4, 0.5) is 13.2 Å². The summed E-state index contributed by atoms with van der Waals surface area (Å²) in [4.78, 5) is 0. The van der Waals surface area contributed by atoms with E-state index in [2.05, 4.69) is 5.32 Å². The fourth-order valence-corrected chi connectivity index (χ4v) is 1.74. The van der Waals surface area contributed by atoms with E-state index in [-0.39, 0.29) is 18.5 Å². The van der Waals surface area contributed by atoms with Crippen molar-refractivity contribution in [3.05, 3.63) is 24.2 Å². The molecule has 1 heterocycles. The van der Waals surface area contributed by atoms with Crippen molar-refractivity contribution in [3.63, 3.8) is 0 Å². The third-order valence-corrected chi connectivity index (χ3v) is 2.60. The van der Waals surface area contributed by atoms with Gasteiger partial charge in [0.25, 0.3) is 0 Å². The third-order valence-electron chi connectivity index (χ3n) is 2.60. The summed E-state index contributed by atoms with van der Waals surface area (Å²) in [6.45, 7) is 3.81. The molecule has 0 saturated heterocycles. The van der Waals surface area contributed by atoms with Gasteiger partial charge >= 0.3 is 6.18 Å². The smallest absolute Gasteiger partial charge is 0.389 e. The van der Waals surface area contributed by atoms with E-state index < -0.39 is 12.6 Å². The summed E-state index contributed by atoms with van der Waals surface area (Å²) in [5.74, 6) is 0.799. The van der Waals surface area contributed by atoms with Gasteiger partial charge in [-0.3, -0.25) is 0 Å². The van der Waals surface area contributed by atoms with Crippen molar-refractivity contribution >= 4 is 0 Å². The molecule has 1 aromatic heterocycles. The van der Waals surface area contributed by atoms with Gasteiger partial charge in [0.2, 0.25) is 0 Å². The number of nitrogens with one attached hydrogen (secondary N) is 1. The van der Waals surface area contributed by atoms with Crippen molar-refractivity contribution in [2.24, 2.45) is 0 Å². The fraction of sp³-hybridized carbons (Fsp3) is 0.667. The highest BCUT2D eigenvalue weighted by Gasteiger charge is 2.26. The number of furan rings is 1. The molecule has 0 amide bonds. The van der Waals surface area contributed by atoms with Gasteiger partial charge in [0.15, 0.2) is 0 Å². The maximum atomic E-state index is 12.0. The van der Waals surface area contributed by atoms with Crippen LogP contribution in [-0.4, -0.2) is 12.2 Å². The van der Waals surface area contributed by atoms with Gasteiger partial charge in [-0.2, -0.15) is 13.2 Å². The molecule has 1 rings (SSSR count). The molecule has 0 aliphatic carbocycles. The molecular formula is C12H18F3NO. The predicted molar refractivity (Wildman–Crippen MR) is 59.6 cm³/mol. The quantitative estimate of drug-likeness (QED) is 0.822. The van der Waals surface area contributed by atoms with Crippen LogP contribution in [0.3, 0.4) is 0 Å². The van der Waals surface area contributed by atoms with E-state index in [4.69, 9.17) is 4.42 Å². The topological polar surface area (TPSA) is 25.2 Å². The number of hydrogen-bond acceptors (Lipinski definition) is 2. The van der Waals surface area contributed by atoms with Crippen molar-refractivity contribution in [3.8, 4) is 0 Å². The summed E-state index contributed by atoms with van der Waals surface area (Å²) < 4.78 is 41.1. The summed E-state index contributed by atoms with van der Waals surface area (Å²) in [6.07, 6.45) is -2.52. The average molecular weight is 249 g/mol. The molecule has 0 bridgehead atoms. The van der Waals surface area contributed by atoms with Crippen molar-refractivity contribution in [1.29, 1.82) is 0 Å². The molecule has 0 saturated carbocycles. The van der Waals surface area contributed by atoms with Crippen molar-refractivity contribution in [2.75, 3.05) is 0 Å². The van der Waals surface area contributed by atoms with Crippen molar-refractivity contribution in [2.45, 2.75) is 51.4 Å². The summed E-state index contributed by atoms with van der Waals surface area (Å²) in [6, 6.07) is 3.70. The Kier molecular flexibility index (Phi) is 5.05. The number of hydrogen-bond donors (Lipinski definition) is 1. The Balaban J connectivity index is 2.23. The lowest BCUT2D eigenvalue weighted by Gasteiger charge is -2.18. The van der Waals surface area contributed by atoms with Crippen LogP contribution >= 0.6 is 0 Å². The monoisotopic (exact) mass is 249 g/mol. The van der Waals surface area contributed by atoms with E-state index in [1.54, 1.807) is 12.3 Å². The molecule has 2 nitrogen and oxygen atoms in total. The highest BCUT2D eigenvalue weighted by molar-refractivity contribution is 5.03. The molecule has 0 aliphatic rings. The summed E-state index contributed by atoms with van der Waals surface area (Å²) in [5.41, 5.74) is 0. The van der Waals surface area contributed by atoms with Crippen LogP contribution in [0.15, 0.2) is 22.8 Å². The molecule has 2 atom stereocenters. The Hall–Kier alpha value is -0.970. The van der Waals surface area contributed by atoms with Crippen LogP contribution in [0.5, 0.6) is 0 Å². The van der Waals surface area contributed by atoms with E-state index in [1.165, 1.54) is 0 Å². The molecule has 0 aliphatic heterocycles. The van der Waals surface area contributed by atoms with Crippen LogP contribution in [0.25, 0.3) is 0 Å². The van der Waals surface area contributed by atoms with Gasteiger partial charge in [-0.25, -0.2) is 0 Å². The zero-order chi connectivity index (χ0) is 12.9. The minimum Gasteiger partial charge on any atom is -0.468 e. The Morgan fingerprint density at radius 1 is 1.35 bits per heavy atom. The number of rotatable bonds is 6. The first kappa shape index (κ1) is 14.1. The molecule has 1 aromatic rings. The van der Waals surface area contributed by atoms with Crippen molar-refractivity contribution < 1.29 is 17.6 Å². The predicted octanol–water partition coefficient (Wildman–Crippen LogP) is 4.05. The average Bonchev–Trinajstić information content (AvgIpc) is 2.67. The van der Waals surface area contributed by atoms with Gasteiger partial charge in [0.1, 0.15) is 5.76 Å². The lowest BCUT2D eigenvalue weighted by atomic mass is 10.1. The molecule has 98 valence electrons. The minimum absolute atomic E-state index is 0.0193. The molecule has 0 fully saturated rings. The van der Waals surface area contributed by atoms with Crippen molar-refractivity contribution in [1.82, 2.24) is 5.32 Å². The standard InChI is InChI=1S/C12H18F3NO/c1-9(5-3-7-12(13,14)15)16-10(2)11-6-4-8-17-11/h4,6,8-10,16H,3,5,7H2,1-2H3. The minimum atomic E-state index is -4.05. The van der Waals surface area contributed by atoms with Gasteiger partial charge < -0.3 is 9.73 Å². The third kappa shape index (κ3) is 5.77. The van der Waals surface area contributed by atoms with Crippen LogP contribution in [0.2, 0.25) is 0 Å². The second-order valence-corrected chi connectivity index (χ2v) is 4.31. The maximum absolute atomic E-state index is 12.0. The second-order valence-electron chi connectivity index (χ2n) is 4.31. The van der Waals surface area contributed by atoms with Gasteiger partial charge in [0.05, 0.1) is 12.3 Å². The maximum Gasteiger partial charge on any atom is 0.389 e. The van der Waals surface area contributed by atoms with Gasteiger partial charge in [0, 0.05) is 12.5 Å². The molecule has 5 heteroatoms. The molecule has 0 aromatic carbocycles. The Morgan fingerprint density at radius 2 is 2.06 bits per heavy atom. The summed E-state index contributed by atoms with van der Waals surface area (Å²) >= 11 is 0. The Morgan fingerprint density at radius 3 is 2.59 bits per heavy atom. The first-order chi connectivity index (χ1) is 7.88. The van der Waals surface area contributed by atoms with Crippen LogP contribution in [0.1, 0.15) is 44.9 Å². The van der Waals surface area contributed by atoms with Crippen LogP contribution in [0, 0.1) is 0 Å². The second kappa shape index (κ2) is 6.10. The Bertz CT molecular complexity index is 308. The number of halogens is 3. The summed E-state index contributed by atoms with van der Waals surface area (Å²) in [7, 11) is 0. The Labute approximate surface area is 99.2 Å². The van der Waals surface area contributed by atoms with E-state index in [0.29, 0.717) is 6.42 Å². The largest absolute Gasteiger partial charge is 0.468 e. The summed E-state index contributed by atoms with van der Waals surface area (Å²) in [5, 5.41) is 3.21.